The molecule has 0 aliphatic carbocycles. The Morgan fingerprint density at radius 1 is 0.765 bits per heavy atom. The van der Waals surface area contributed by atoms with Crippen molar-refractivity contribution in [2.75, 3.05) is 13.1 Å². The number of nitrogens with one attached hydrogen (secondary N) is 2. The standard InChI is InChI=1S/C24H37N3O4.C2H6.Rb/c1-19(2)21(28)14-8-4-9-15-22(29)26-18-24(31)25-17-11-5-10-16-23(30)27-20-12-6-3-7-13-20;1-2;/h3,6-7,12-13,19H,4-5,8-11,14-18H2,1-2H3,(H3,25,26,27,29,30,31);1-2H3;/q;;+1/p-1. The molecule has 0 spiro atoms. The molecule has 0 aromatic heterocycles. The smallest absolute Gasteiger partial charge is 0.627 e. The zero-order chi connectivity index (χ0) is 24.9. The van der Waals surface area contributed by atoms with Crippen LogP contribution in [0.3, 0.4) is 0 Å². The van der Waals surface area contributed by atoms with Crippen LogP contribution in [0.4, 0.5) is 5.69 Å². The van der Waals surface area contributed by atoms with Crippen LogP contribution in [-0.4, -0.2) is 36.6 Å². The number of unbranched alkanes of at least 4 members (excludes halogenated alkanes) is 4. The predicted octanol–water partition coefficient (Wildman–Crippen LogP) is 2.22. The minimum Gasteiger partial charge on any atom is -0.627 e. The molecule has 186 valence electrons. The minimum absolute atomic E-state index is 0. The summed E-state index contributed by atoms with van der Waals surface area (Å²) in [5.41, 5.74) is 0.669. The molecule has 0 aliphatic heterocycles. The fourth-order valence-electron chi connectivity index (χ4n) is 2.89. The normalized spacial score (nSPS) is 9.79. The molecular weight excluding hydrogens is 504 g/mol. The van der Waals surface area contributed by atoms with Crippen LogP contribution < -0.4 is 68.8 Å². The Labute approximate surface area is 254 Å². The summed E-state index contributed by atoms with van der Waals surface area (Å²) in [4.78, 5) is 46.8. The Morgan fingerprint density at radius 3 is 2.00 bits per heavy atom. The van der Waals surface area contributed by atoms with Gasteiger partial charge in [-0.05, 0) is 32.1 Å². The van der Waals surface area contributed by atoms with Gasteiger partial charge in [-0.3, -0.25) is 14.4 Å². The SMILES string of the molecule is CC.CC(C)C(=O)CCCCCC(=O)NCC(=O)NCCCCCC(=O)[N-]c1ccccc1.[Rb+]. The van der Waals surface area contributed by atoms with Crippen molar-refractivity contribution in [3.63, 3.8) is 0 Å². The van der Waals surface area contributed by atoms with E-state index in [1.807, 2.05) is 45.9 Å². The summed E-state index contributed by atoms with van der Waals surface area (Å²) in [6, 6.07) is 9.15. The first-order valence-corrected chi connectivity index (χ1v) is 12.2. The van der Waals surface area contributed by atoms with Gasteiger partial charge in [-0.1, -0.05) is 70.9 Å². The van der Waals surface area contributed by atoms with Crippen molar-refractivity contribution < 1.29 is 77.4 Å². The van der Waals surface area contributed by atoms with Crippen LogP contribution in [0, 0.1) is 5.92 Å². The average molecular weight is 546 g/mol. The van der Waals surface area contributed by atoms with Gasteiger partial charge in [0.05, 0.1) is 12.5 Å². The van der Waals surface area contributed by atoms with Crippen molar-refractivity contribution in [3.8, 4) is 0 Å². The number of hydrogen-bond acceptors (Lipinski definition) is 4. The molecule has 0 radical (unpaired) electrons. The maximum Gasteiger partial charge on any atom is 1.00 e. The number of Topliss-reactive ketones (excluding diaryl/α,β-unsaturated/α-hetero) is 1. The molecule has 2 N–H and O–H groups in total. The van der Waals surface area contributed by atoms with E-state index in [4.69, 9.17) is 0 Å². The number of nitrogens with zero attached hydrogens (tertiary/aromatic N) is 1. The fourth-order valence-corrected chi connectivity index (χ4v) is 2.89. The Morgan fingerprint density at radius 2 is 1.35 bits per heavy atom. The molecule has 1 aromatic rings. The number of carbonyl (C=O) groups is 4. The summed E-state index contributed by atoms with van der Waals surface area (Å²) < 4.78 is 0. The molecule has 1 rings (SSSR count). The van der Waals surface area contributed by atoms with Gasteiger partial charge in [0, 0.05) is 25.3 Å². The van der Waals surface area contributed by atoms with Crippen LogP contribution in [-0.2, 0) is 19.2 Å². The monoisotopic (exact) mass is 545 g/mol. The van der Waals surface area contributed by atoms with Crippen molar-refractivity contribution in [2.45, 2.75) is 85.5 Å². The third kappa shape index (κ3) is 20.5. The number of benzene rings is 1. The van der Waals surface area contributed by atoms with E-state index in [0.717, 1.165) is 32.1 Å². The molecule has 0 unspecified atom stereocenters. The molecular formula is C26H42N3O4Rb. The second-order valence-corrected chi connectivity index (χ2v) is 7.96. The molecule has 0 aliphatic rings. The van der Waals surface area contributed by atoms with E-state index >= 15 is 0 Å². The Balaban J connectivity index is 0. The van der Waals surface area contributed by atoms with Gasteiger partial charge in [-0.2, -0.15) is 0 Å². The van der Waals surface area contributed by atoms with Crippen molar-refractivity contribution >= 4 is 29.2 Å². The third-order valence-corrected chi connectivity index (χ3v) is 4.82. The van der Waals surface area contributed by atoms with E-state index in [9.17, 15) is 19.2 Å². The first-order chi connectivity index (χ1) is 15.9. The molecule has 0 bridgehead atoms. The number of para-hydroxylation sites is 1. The largest absolute Gasteiger partial charge is 1.00 e. The van der Waals surface area contributed by atoms with Gasteiger partial charge in [-0.25, -0.2) is 0 Å². The van der Waals surface area contributed by atoms with Crippen molar-refractivity contribution in [3.05, 3.63) is 35.6 Å². The summed E-state index contributed by atoms with van der Waals surface area (Å²) in [7, 11) is 0. The van der Waals surface area contributed by atoms with Gasteiger partial charge in [0.15, 0.2) is 0 Å². The molecule has 0 heterocycles. The van der Waals surface area contributed by atoms with E-state index in [2.05, 4.69) is 16.0 Å². The zero-order valence-electron chi connectivity index (χ0n) is 21.8. The first kappa shape index (κ1) is 35.3. The van der Waals surface area contributed by atoms with E-state index < -0.39 is 0 Å². The Hall–Kier alpha value is -0.895. The Kier molecular flexibility index (Phi) is 24.7. The topological polar surface area (TPSA) is 106 Å². The van der Waals surface area contributed by atoms with Crippen molar-refractivity contribution in [2.24, 2.45) is 5.92 Å². The number of amides is 3. The molecule has 8 heteroatoms. The quantitative estimate of drug-likeness (QED) is 0.311. The molecule has 0 saturated heterocycles. The van der Waals surface area contributed by atoms with Gasteiger partial charge >= 0.3 is 58.2 Å². The van der Waals surface area contributed by atoms with Gasteiger partial charge in [0.2, 0.25) is 11.8 Å². The molecule has 7 nitrogen and oxygen atoms in total. The van der Waals surface area contributed by atoms with Crippen molar-refractivity contribution in [1.82, 2.24) is 10.6 Å². The van der Waals surface area contributed by atoms with Gasteiger partial charge in [0.25, 0.3) is 0 Å². The van der Waals surface area contributed by atoms with Gasteiger partial charge in [-0.15, -0.1) is 5.69 Å². The second-order valence-electron chi connectivity index (χ2n) is 7.96. The summed E-state index contributed by atoms with van der Waals surface area (Å²) in [5.74, 6) is -0.170. The van der Waals surface area contributed by atoms with Crippen LogP contribution in [0.5, 0.6) is 0 Å². The number of rotatable bonds is 16. The van der Waals surface area contributed by atoms with Crippen LogP contribution in [0.1, 0.15) is 85.5 Å². The van der Waals surface area contributed by atoms with Crippen LogP contribution in [0.15, 0.2) is 30.3 Å². The molecule has 1 aromatic carbocycles. The molecule has 0 fully saturated rings. The minimum atomic E-state index is -0.217. The van der Waals surface area contributed by atoms with E-state index in [1.54, 1.807) is 12.1 Å². The zero-order valence-corrected chi connectivity index (χ0v) is 26.7. The fraction of sp³-hybridized carbons (Fsp3) is 0.615. The summed E-state index contributed by atoms with van der Waals surface area (Å²) in [6.45, 7) is 8.28. The van der Waals surface area contributed by atoms with E-state index in [-0.39, 0.29) is 94.2 Å². The first-order valence-electron chi connectivity index (χ1n) is 12.2. The van der Waals surface area contributed by atoms with Crippen LogP contribution in [0.25, 0.3) is 5.32 Å². The van der Waals surface area contributed by atoms with Gasteiger partial charge in [0.1, 0.15) is 5.78 Å². The summed E-state index contributed by atoms with van der Waals surface area (Å²) in [5, 5.41) is 9.41. The maximum absolute atomic E-state index is 11.8. The third-order valence-electron chi connectivity index (χ3n) is 4.82. The number of hydrogen-bond donors (Lipinski definition) is 2. The molecule has 34 heavy (non-hydrogen) atoms. The van der Waals surface area contributed by atoms with Crippen molar-refractivity contribution in [1.29, 1.82) is 0 Å². The Bertz CT molecular complexity index is 697. The second kappa shape index (κ2) is 23.8. The predicted molar refractivity (Wildman–Crippen MR) is 133 cm³/mol. The maximum atomic E-state index is 11.8. The van der Waals surface area contributed by atoms with E-state index in [0.29, 0.717) is 37.9 Å². The molecule has 0 atom stereocenters. The van der Waals surface area contributed by atoms with E-state index in [1.165, 1.54) is 0 Å². The average Bonchev–Trinajstić information content (AvgIpc) is 2.81. The van der Waals surface area contributed by atoms with Crippen LogP contribution in [0.2, 0.25) is 0 Å². The van der Waals surface area contributed by atoms with Crippen LogP contribution >= 0.6 is 0 Å². The summed E-state index contributed by atoms with van der Waals surface area (Å²) >= 11 is 0. The van der Waals surface area contributed by atoms with Gasteiger partial charge < -0.3 is 20.7 Å². The summed E-state index contributed by atoms with van der Waals surface area (Å²) in [6.07, 6.45) is 6.00. The molecule has 3 amide bonds. The molecule has 0 saturated carbocycles. The number of carbonyl (C=O) groups excluding carboxylic acids is 4. The number of ketones is 1.